The molecule has 0 bridgehead atoms. The molecule has 1 aliphatic carbocycles. The lowest BCUT2D eigenvalue weighted by Gasteiger charge is -2.34. The maximum Gasteiger partial charge on any atom is 0.248 e. The van der Waals surface area contributed by atoms with Gasteiger partial charge in [-0.15, -0.1) is 0 Å². The number of hydrogen-bond acceptors (Lipinski definition) is 1. The van der Waals surface area contributed by atoms with Crippen LogP contribution in [0, 0.1) is 11.8 Å². The van der Waals surface area contributed by atoms with Crippen LogP contribution in [0.5, 0.6) is 0 Å². The summed E-state index contributed by atoms with van der Waals surface area (Å²) in [6.45, 7) is 3.61. The molecule has 1 fully saturated rings. The highest BCUT2D eigenvalue weighted by Gasteiger charge is 2.45. The lowest BCUT2D eigenvalue weighted by Crippen LogP contribution is -2.37. The van der Waals surface area contributed by atoms with E-state index in [9.17, 15) is 13.6 Å². The van der Waals surface area contributed by atoms with Crippen LogP contribution in [-0.2, 0) is 4.79 Å². The average molecular weight is 176 g/mol. The number of halogens is 2. The van der Waals surface area contributed by atoms with Gasteiger partial charge in [0.25, 0.3) is 0 Å². The quantitative estimate of drug-likeness (QED) is 0.646. The highest BCUT2D eigenvalue weighted by Crippen LogP contribution is 2.44. The predicted octanol–water partition coefficient (Wildman–Crippen LogP) is 2.65. The normalized spacial score (nSPS) is 22.4. The second kappa shape index (κ2) is 3.11. The Balaban J connectivity index is 2.23. The topological polar surface area (TPSA) is 17.1 Å². The molecule has 0 aromatic heterocycles. The van der Waals surface area contributed by atoms with Crippen molar-refractivity contribution in [3.63, 3.8) is 0 Å². The van der Waals surface area contributed by atoms with Crippen molar-refractivity contribution in [1.29, 1.82) is 0 Å². The van der Waals surface area contributed by atoms with Crippen LogP contribution in [0.1, 0.15) is 33.1 Å². The van der Waals surface area contributed by atoms with Crippen molar-refractivity contribution < 1.29 is 13.6 Å². The Labute approximate surface area is 71.1 Å². The van der Waals surface area contributed by atoms with Gasteiger partial charge in [0.2, 0.25) is 5.92 Å². The first-order chi connectivity index (χ1) is 5.41. The zero-order chi connectivity index (χ0) is 9.35. The zero-order valence-corrected chi connectivity index (χ0v) is 7.44. The third-order valence-electron chi connectivity index (χ3n) is 2.31. The number of carbonyl (C=O) groups is 1. The van der Waals surface area contributed by atoms with Crippen molar-refractivity contribution in [3.05, 3.63) is 0 Å². The molecule has 0 N–H and O–H groups in total. The lowest BCUT2D eigenvalue weighted by atomic mass is 9.77. The largest absolute Gasteiger partial charge is 0.299 e. The minimum absolute atomic E-state index is 0.0146. The molecule has 0 saturated heterocycles. The highest BCUT2D eigenvalue weighted by molar-refractivity contribution is 5.80. The van der Waals surface area contributed by atoms with Gasteiger partial charge in [-0.1, -0.05) is 13.8 Å². The van der Waals surface area contributed by atoms with Gasteiger partial charge in [0, 0.05) is 25.2 Å². The van der Waals surface area contributed by atoms with Crippen LogP contribution >= 0.6 is 0 Å². The maximum atomic E-state index is 12.3. The summed E-state index contributed by atoms with van der Waals surface area (Å²) in [5.41, 5.74) is 0. The zero-order valence-electron chi connectivity index (χ0n) is 7.44. The van der Waals surface area contributed by atoms with Gasteiger partial charge in [-0.3, -0.25) is 4.79 Å². The van der Waals surface area contributed by atoms with Gasteiger partial charge >= 0.3 is 0 Å². The van der Waals surface area contributed by atoms with E-state index in [2.05, 4.69) is 0 Å². The minimum Gasteiger partial charge on any atom is -0.299 e. The average Bonchev–Trinajstić information content (AvgIpc) is 1.83. The number of alkyl halides is 2. The van der Waals surface area contributed by atoms with Crippen molar-refractivity contribution in [2.75, 3.05) is 0 Å². The van der Waals surface area contributed by atoms with E-state index < -0.39 is 5.92 Å². The van der Waals surface area contributed by atoms with Crippen LogP contribution in [0.2, 0.25) is 0 Å². The second-order valence-corrected chi connectivity index (χ2v) is 3.96. The van der Waals surface area contributed by atoms with Crippen LogP contribution in [0.4, 0.5) is 8.78 Å². The second-order valence-electron chi connectivity index (χ2n) is 3.96. The number of carbonyl (C=O) groups excluding carboxylic acids is 1. The van der Waals surface area contributed by atoms with Crippen LogP contribution in [0.15, 0.2) is 0 Å². The minimum atomic E-state index is -2.48. The third-order valence-corrected chi connectivity index (χ3v) is 2.31. The van der Waals surface area contributed by atoms with E-state index in [-0.39, 0.29) is 30.5 Å². The fourth-order valence-electron chi connectivity index (χ4n) is 1.45. The van der Waals surface area contributed by atoms with Crippen LogP contribution in [0.3, 0.4) is 0 Å². The van der Waals surface area contributed by atoms with Crippen LogP contribution in [-0.4, -0.2) is 11.7 Å². The summed E-state index contributed by atoms with van der Waals surface area (Å²) in [5, 5.41) is 0. The van der Waals surface area contributed by atoms with Crippen molar-refractivity contribution in [3.8, 4) is 0 Å². The summed E-state index contributed by atoms with van der Waals surface area (Å²) in [4.78, 5) is 11.1. The molecule has 0 aromatic rings. The number of rotatable bonds is 3. The van der Waals surface area contributed by atoms with E-state index in [1.807, 2.05) is 0 Å². The van der Waals surface area contributed by atoms with Crippen LogP contribution < -0.4 is 0 Å². The van der Waals surface area contributed by atoms with E-state index >= 15 is 0 Å². The molecular formula is C9H14F2O. The van der Waals surface area contributed by atoms with Gasteiger partial charge in [0.15, 0.2) is 0 Å². The smallest absolute Gasteiger partial charge is 0.248 e. The molecule has 1 nitrogen and oxygen atoms in total. The van der Waals surface area contributed by atoms with Crippen molar-refractivity contribution in [1.82, 2.24) is 0 Å². The Bertz CT molecular complexity index is 179. The highest BCUT2D eigenvalue weighted by atomic mass is 19.3. The summed E-state index contributed by atoms with van der Waals surface area (Å²) in [5.74, 6) is -2.45. The van der Waals surface area contributed by atoms with E-state index in [0.29, 0.717) is 6.42 Å². The predicted molar refractivity (Wildman–Crippen MR) is 42.1 cm³/mol. The van der Waals surface area contributed by atoms with Crippen molar-refractivity contribution in [2.45, 2.75) is 39.0 Å². The van der Waals surface area contributed by atoms with Gasteiger partial charge in [-0.25, -0.2) is 8.78 Å². The van der Waals surface area contributed by atoms with E-state index in [1.165, 1.54) is 0 Å². The Morgan fingerprint density at radius 1 is 1.50 bits per heavy atom. The molecule has 0 radical (unpaired) electrons. The summed E-state index contributed by atoms with van der Waals surface area (Å²) < 4.78 is 24.7. The molecule has 0 atom stereocenters. The van der Waals surface area contributed by atoms with Crippen molar-refractivity contribution in [2.24, 2.45) is 11.8 Å². The van der Waals surface area contributed by atoms with E-state index in [0.717, 1.165) is 0 Å². The third kappa shape index (κ3) is 2.26. The molecule has 1 aliphatic rings. The molecule has 1 saturated carbocycles. The number of ketones is 1. The molecule has 0 heterocycles. The Kier molecular flexibility index (Phi) is 2.49. The van der Waals surface area contributed by atoms with Gasteiger partial charge < -0.3 is 0 Å². The standard InChI is InChI=1S/C9H14F2O/c1-6(2)8(12)3-7-4-9(10,11)5-7/h6-7H,3-5H2,1-2H3. The van der Waals surface area contributed by atoms with Gasteiger partial charge in [-0.05, 0) is 5.92 Å². The van der Waals surface area contributed by atoms with E-state index in [4.69, 9.17) is 0 Å². The maximum absolute atomic E-state index is 12.3. The number of Topliss-reactive ketones (excluding diaryl/α,β-unsaturated/α-hetero) is 1. The van der Waals surface area contributed by atoms with E-state index in [1.54, 1.807) is 13.8 Å². The molecule has 0 amide bonds. The summed E-state index contributed by atoms with van der Waals surface area (Å²) in [6.07, 6.45) is 0.157. The van der Waals surface area contributed by atoms with Gasteiger partial charge in [0.05, 0.1) is 0 Å². The number of hydrogen-bond donors (Lipinski definition) is 0. The molecule has 12 heavy (non-hydrogen) atoms. The fraction of sp³-hybridized carbons (Fsp3) is 0.889. The summed E-state index contributed by atoms with van der Waals surface area (Å²) in [7, 11) is 0. The first kappa shape index (κ1) is 9.62. The molecule has 1 rings (SSSR count). The lowest BCUT2D eigenvalue weighted by molar-refractivity contribution is -0.134. The molecular weight excluding hydrogens is 162 g/mol. The van der Waals surface area contributed by atoms with Crippen molar-refractivity contribution >= 4 is 5.78 Å². The fourth-order valence-corrected chi connectivity index (χ4v) is 1.45. The summed E-state index contributed by atoms with van der Waals surface area (Å²) in [6, 6.07) is 0. The molecule has 70 valence electrons. The molecule has 0 spiro atoms. The SMILES string of the molecule is CC(C)C(=O)CC1CC(F)(F)C1. The Hall–Kier alpha value is -0.470. The summed E-state index contributed by atoms with van der Waals surface area (Å²) >= 11 is 0. The molecule has 0 aromatic carbocycles. The van der Waals surface area contributed by atoms with Gasteiger partial charge in [0.1, 0.15) is 5.78 Å². The molecule has 3 heteroatoms. The first-order valence-corrected chi connectivity index (χ1v) is 4.31. The monoisotopic (exact) mass is 176 g/mol. The van der Waals surface area contributed by atoms with Crippen LogP contribution in [0.25, 0.3) is 0 Å². The first-order valence-electron chi connectivity index (χ1n) is 4.31. The Morgan fingerprint density at radius 2 is 2.00 bits per heavy atom. The Morgan fingerprint density at radius 3 is 2.33 bits per heavy atom. The molecule has 0 aliphatic heterocycles. The van der Waals surface area contributed by atoms with Gasteiger partial charge in [-0.2, -0.15) is 0 Å². The molecule has 0 unspecified atom stereocenters.